The maximum absolute atomic E-state index is 13.6. The molecule has 0 saturated carbocycles. The average Bonchev–Trinajstić information content (AvgIpc) is 3.28. The van der Waals surface area contributed by atoms with Crippen LogP contribution in [0, 0.1) is 11.1 Å². The Morgan fingerprint density at radius 1 is 1.24 bits per heavy atom. The SMILES string of the molecule is COc1ccc2c(c1)CCc1c-2n[nH]c1C(=O)N1C[C@H]2C[C@@H](C1)c1ccc([NH+]([O-])O)c(=O)n1C2. The van der Waals surface area contributed by atoms with Crippen molar-refractivity contribution in [3.63, 3.8) is 0 Å². The molecule has 6 rings (SSSR count). The van der Waals surface area contributed by atoms with Crippen LogP contribution in [0.15, 0.2) is 35.1 Å². The molecule has 4 heterocycles. The summed E-state index contributed by atoms with van der Waals surface area (Å²) < 4.78 is 6.93. The third-order valence-corrected chi connectivity index (χ3v) is 7.41. The summed E-state index contributed by atoms with van der Waals surface area (Å²) in [6.07, 6.45) is 2.42. The van der Waals surface area contributed by atoms with Gasteiger partial charge >= 0.3 is 5.56 Å². The van der Waals surface area contributed by atoms with E-state index in [0.29, 0.717) is 25.3 Å². The van der Waals surface area contributed by atoms with Crippen LogP contribution in [-0.2, 0) is 19.4 Å². The molecule has 3 aromatic rings. The number of methoxy groups -OCH3 is 1. The highest BCUT2D eigenvalue weighted by Gasteiger charge is 2.38. The van der Waals surface area contributed by atoms with Gasteiger partial charge in [-0.3, -0.25) is 14.7 Å². The monoisotopic (exact) mass is 463 g/mol. The fourth-order valence-electron chi connectivity index (χ4n) is 5.84. The zero-order valence-electron chi connectivity index (χ0n) is 18.7. The van der Waals surface area contributed by atoms with Crippen molar-refractivity contribution in [3.8, 4) is 17.0 Å². The maximum Gasteiger partial charge on any atom is 0.315 e. The second-order valence-electron chi connectivity index (χ2n) is 9.35. The number of aryl methyl sites for hydroxylation is 1. The topological polar surface area (TPSA) is 128 Å². The number of aromatic nitrogens is 3. The fraction of sp³-hybridized carbons (Fsp3) is 0.375. The fourth-order valence-corrected chi connectivity index (χ4v) is 5.84. The van der Waals surface area contributed by atoms with Gasteiger partial charge in [-0.1, -0.05) is 0 Å². The van der Waals surface area contributed by atoms with Gasteiger partial charge in [0.05, 0.1) is 12.8 Å². The van der Waals surface area contributed by atoms with Crippen LogP contribution in [0.2, 0.25) is 0 Å². The molecule has 0 radical (unpaired) electrons. The molecule has 176 valence electrons. The Kier molecular flexibility index (Phi) is 4.83. The molecule has 34 heavy (non-hydrogen) atoms. The Hall–Kier alpha value is -3.47. The van der Waals surface area contributed by atoms with Gasteiger partial charge in [0, 0.05) is 48.4 Å². The molecular formula is C24H25N5O5. The van der Waals surface area contributed by atoms with Crippen LogP contribution in [0.25, 0.3) is 11.3 Å². The highest BCUT2D eigenvalue weighted by Crippen LogP contribution is 2.38. The van der Waals surface area contributed by atoms with Crippen LogP contribution in [0.4, 0.5) is 5.69 Å². The Morgan fingerprint density at radius 2 is 2.09 bits per heavy atom. The largest absolute Gasteiger partial charge is 0.595 e. The molecule has 2 bridgehead atoms. The summed E-state index contributed by atoms with van der Waals surface area (Å²) in [5.74, 6) is 0.838. The minimum atomic E-state index is -1.21. The first-order valence-electron chi connectivity index (χ1n) is 11.5. The lowest BCUT2D eigenvalue weighted by atomic mass is 9.82. The number of amides is 1. The number of hydrogen-bond donors (Lipinski definition) is 3. The van der Waals surface area contributed by atoms with Crippen LogP contribution >= 0.6 is 0 Å². The molecule has 1 aromatic carbocycles. The van der Waals surface area contributed by atoms with Crippen molar-refractivity contribution < 1.29 is 20.0 Å². The van der Waals surface area contributed by atoms with Crippen LogP contribution in [0.1, 0.15) is 39.6 Å². The summed E-state index contributed by atoms with van der Waals surface area (Å²) in [6, 6.07) is 9.03. The third kappa shape index (κ3) is 3.17. The second-order valence-corrected chi connectivity index (χ2v) is 9.35. The van der Waals surface area contributed by atoms with Crippen molar-refractivity contribution in [2.24, 2.45) is 5.92 Å². The molecular weight excluding hydrogens is 438 g/mol. The minimum Gasteiger partial charge on any atom is -0.595 e. The third-order valence-electron chi connectivity index (χ3n) is 7.41. The standard InChI is InChI=1S/C24H25N5O5/c1-34-16-3-5-17-14(9-16)2-4-18-21(17)25-26-22(18)24(31)27-10-13-8-15(12-27)19-6-7-20(29(32)33)23(30)28(19)11-13/h3,5-7,9,13,15,29,32H,2,4,8,10-12H2,1H3,(H,25,26)/t13-,15+/m1/s1. The van der Waals surface area contributed by atoms with Gasteiger partial charge in [0.2, 0.25) is 5.69 Å². The summed E-state index contributed by atoms with van der Waals surface area (Å²) in [4.78, 5) is 28.1. The van der Waals surface area contributed by atoms with Crippen molar-refractivity contribution in [2.75, 3.05) is 20.2 Å². The molecule has 10 nitrogen and oxygen atoms in total. The van der Waals surface area contributed by atoms with Gasteiger partial charge < -0.3 is 19.4 Å². The van der Waals surface area contributed by atoms with Crippen LogP contribution in [0.3, 0.4) is 0 Å². The summed E-state index contributed by atoms with van der Waals surface area (Å²) in [5, 5.41) is 27.0. The summed E-state index contributed by atoms with van der Waals surface area (Å²) in [5.41, 5.74) is 4.62. The van der Waals surface area contributed by atoms with Gasteiger partial charge in [-0.15, -0.1) is 0 Å². The molecule has 3 N–H and O–H groups in total. The molecule has 10 heteroatoms. The highest BCUT2D eigenvalue weighted by atomic mass is 16.8. The van der Waals surface area contributed by atoms with Gasteiger partial charge in [0.1, 0.15) is 11.4 Å². The molecule has 2 aliphatic heterocycles. The summed E-state index contributed by atoms with van der Waals surface area (Å²) in [7, 11) is 1.65. The molecule has 1 fully saturated rings. The van der Waals surface area contributed by atoms with Gasteiger partial charge in [-0.2, -0.15) is 10.3 Å². The molecule has 3 aliphatic rings. The number of nitrogens with zero attached hydrogens (tertiary/aromatic N) is 3. The first-order chi connectivity index (χ1) is 16.4. The molecule has 2 aromatic heterocycles. The zero-order valence-corrected chi connectivity index (χ0v) is 18.7. The van der Waals surface area contributed by atoms with Crippen molar-refractivity contribution in [1.29, 1.82) is 0 Å². The first-order valence-corrected chi connectivity index (χ1v) is 11.5. The quantitative estimate of drug-likeness (QED) is 0.498. The van der Waals surface area contributed by atoms with Crippen molar-refractivity contribution in [2.45, 2.75) is 31.7 Å². The smallest absolute Gasteiger partial charge is 0.315 e. The van der Waals surface area contributed by atoms with Crippen molar-refractivity contribution >= 4 is 11.6 Å². The number of nitrogens with one attached hydrogen (secondary N) is 2. The molecule has 3 atom stereocenters. The lowest BCUT2D eigenvalue weighted by Crippen LogP contribution is -3.00. The van der Waals surface area contributed by atoms with Gasteiger partial charge in [0.15, 0.2) is 0 Å². The molecule has 1 saturated heterocycles. The number of benzene rings is 1. The number of H-pyrrole nitrogens is 1. The van der Waals surface area contributed by atoms with Crippen molar-refractivity contribution in [3.05, 3.63) is 68.4 Å². The molecule has 0 spiro atoms. The normalized spacial score (nSPS) is 21.3. The van der Waals surface area contributed by atoms with E-state index < -0.39 is 10.8 Å². The van der Waals surface area contributed by atoms with E-state index in [0.717, 1.165) is 53.1 Å². The Bertz CT molecular complexity index is 1360. The predicted octanol–water partition coefficient (Wildman–Crippen LogP) is 1.01. The minimum absolute atomic E-state index is 0.000988. The van der Waals surface area contributed by atoms with E-state index in [4.69, 9.17) is 4.74 Å². The Balaban J connectivity index is 1.29. The van der Waals surface area contributed by atoms with Crippen LogP contribution in [0.5, 0.6) is 5.75 Å². The van der Waals surface area contributed by atoms with E-state index in [1.807, 2.05) is 23.1 Å². The lowest BCUT2D eigenvalue weighted by molar-refractivity contribution is -0.992. The average molecular weight is 463 g/mol. The highest BCUT2D eigenvalue weighted by molar-refractivity contribution is 5.96. The number of quaternary nitrogens is 1. The number of likely N-dealkylation sites (tertiary alicyclic amines) is 1. The van der Waals surface area contributed by atoms with Gasteiger partial charge in [0.25, 0.3) is 5.91 Å². The van der Waals surface area contributed by atoms with E-state index in [2.05, 4.69) is 10.2 Å². The first kappa shape index (κ1) is 21.1. The number of rotatable bonds is 3. The van der Waals surface area contributed by atoms with E-state index >= 15 is 0 Å². The molecule has 1 amide bonds. The number of pyridine rings is 1. The van der Waals surface area contributed by atoms with E-state index in [1.165, 1.54) is 6.07 Å². The maximum atomic E-state index is 13.6. The number of hydrogen-bond acceptors (Lipinski definition) is 6. The van der Waals surface area contributed by atoms with Gasteiger partial charge in [-0.25, -0.2) is 5.21 Å². The van der Waals surface area contributed by atoms with E-state index in [1.54, 1.807) is 17.7 Å². The van der Waals surface area contributed by atoms with E-state index in [-0.39, 0.29) is 23.4 Å². The van der Waals surface area contributed by atoms with Crippen molar-refractivity contribution in [1.82, 2.24) is 19.7 Å². The molecule has 1 unspecified atom stereocenters. The van der Waals surface area contributed by atoms with Crippen LogP contribution in [-0.4, -0.2) is 51.0 Å². The number of aromatic amines is 1. The number of carbonyl (C=O) groups is 1. The lowest BCUT2D eigenvalue weighted by Gasteiger charge is -2.42. The second kappa shape index (κ2) is 7.79. The number of fused-ring (bicyclic) bond motifs is 7. The number of piperidine rings is 1. The number of carbonyl (C=O) groups excluding carboxylic acids is 1. The predicted molar refractivity (Wildman–Crippen MR) is 121 cm³/mol. The summed E-state index contributed by atoms with van der Waals surface area (Å²) >= 11 is 0. The summed E-state index contributed by atoms with van der Waals surface area (Å²) in [6.45, 7) is 1.44. The van der Waals surface area contributed by atoms with Gasteiger partial charge in [-0.05, 0) is 55.0 Å². The molecule has 1 aliphatic carbocycles. The zero-order chi connectivity index (χ0) is 23.6. The Morgan fingerprint density at radius 3 is 2.88 bits per heavy atom. The van der Waals surface area contributed by atoms with E-state index in [9.17, 15) is 20.0 Å². The Labute approximate surface area is 194 Å². The number of ether oxygens (including phenoxy) is 1. The van der Waals surface area contributed by atoms with Crippen LogP contribution < -0.4 is 15.5 Å².